The van der Waals surface area contributed by atoms with Crippen molar-refractivity contribution in [2.24, 2.45) is 0 Å². The highest BCUT2D eigenvalue weighted by Crippen LogP contribution is 2.33. The lowest BCUT2D eigenvalue weighted by atomic mass is 9.99. The normalized spacial score (nSPS) is 24.3. The fourth-order valence-corrected chi connectivity index (χ4v) is 5.07. The monoisotopic (exact) mass is 285 g/mol. The summed E-state index contributed by atoms with van der Waals surface area (Å²) in [4.78, 5) is 0. The smallest absolute Gasteiger partial charge is 0.155 e. The number of furan rings is 1. The van der Waals surface area contributed by atoms with Crippen molar-refractivity contribution in [2.45, 2.75) is 51.3 Å². The molecule has 0 spiro atoms. The van der Waals surface area contributed by atoms with Gasteiger partial charge in [-0.25, -0.2) is 8.42 Å². The zero-order valence-corrected chi connectivity index (χ0v) is 12.7. The molecule has 2 rings (SSSR count). The van der Waals surface area contributed by atoms with Gasteiger partial charge in [0.15, 0.2) is 9.84 Å². The molecule has 0 bridgehead atoms. The van der Waals surface area contributed by atoms with Crippen LogP contribution in [-0.4, -0.2) is 26.0 Å². The first kappa shape index (κ1) is 14.6. The summed E-state index contributed by atoms with van der Waals surface area (Å²) >= 11 is 0. The first-order chi connectivity index (χ1) is 8.95. The molecule has 0 aliphatic carbocycles. The zero-order chi connectivity index (χ0) is 14.0. The van der Waals surface area contributed by atoms with E-state index in [1.165, 1.54) is 0 Å². The predicted molar refractivity (Wildman–Crippen MR) is 76.0 cm³/mol. The number of aryl methyl sites for hydroxylation is 2. The van der Waals surface area contributed by atoms with Crippen LogP contribution in [0.15, 0.2) is 10.5 Å². The Kier molecular flexibility index (Phi) is 4.36. The fourth-order valence-electron chi connectivity index (χ4n) is 2.97. The van der Waals surface area contributed by atoms with E-state index >= 15 is 0 Å². The summed E-state index contributed by atoms with van der Waals surface area (Å²) in [6, 6.07) is 1.82. The van der Waals surface area contributed by atoms with Gasteiger partial charge in [0, 0.05) is 5.56 Å². The Labute approximate surface area is 115 Å². The summed E-state index contributed by atoms with van der Waals surface area (Å²) in [6.07, 6.45) is 2.52. The van der Waals surface area contributed by atoms with Crippen molar-refractivity contribution >= 4 is 9.84 Å². The van der Waals surface area contributed by atoms with E-state index in [0.29, 0.717) is 5.75 Å². The second-order valence-corrected chi connectivity index (χ2v) is 7.64. The van der Waals surface area contributed by atoms with Gasteiger partial charge in [-0.05, 0) is 39.3 Å². The number of hydrogen-bond acceptors (Lipinski definition) is 4. The average Bonchev–Trinajstić information content (AvgIpc) is 2.65. The Balaban J connectivity index is 2.37. The number of sulfone groups is 1. The molecule has 1 N–H and O–H groups in total. The van der Waals surface area contributed by atoms with Gasteiger partial charge in [0.25, 0.3) is 0 Å². The van der Waals surface area contributed by atoms with E-state index in [1.807, 2.05) is 26.8 Å². The second kappa shape index (κ2) is 5.67. The van der Waals surface area contributed by atoms with Gasteiger partial charge >= 0.3 is 0 Å². The van der Waals surface area contributed by atoms with Crippen LogP contribution in [0.25, 0.3) is 0 Å². The van der Waals surface area contributed by atoms with Gasteiger partial charge in [0.1, 0.15) is 11.5 Å². The molecule has 1 aromatic heterocycles. The Bertz CT molecular complexity index is 533. The van der Waals surface area contributed by atoms with Crippen molar-refractivity contribution < 1.29 is 12.8 Å². The van der Waals surface area contributed by atoms with Crippen LogP contribution < -0.4 is 5.32 Å². The van der Waals surface area contributed by atoms with Crippen molar-refractivity contribution in [1.82, 2.24) is 5.32 Å². The highest BCUT2D eigenvalue weighted by Gasteiger charge is 2.37. The molecule has 1 fully saturated rings. The average molecular weight is 285 g/mol. The molecule has 5 heteroatoms. The number of rotatable bonds is 4. The third kappa shape index (κ3) is 3.03. The molecule has 2 atom stereocenters. The lowest BCUT2D eigenvalue weighted by molar-refractivity contribution is 0.442. The molecule has 19 heavy (non-hydrogen) atoms. The van der Waals surface area contributed by atoms with Gasteiger partial charge in [0.05, 0.1) is 17.0 Å². The molecule has 1 aromatic rings. The van der Waals surface area contributed by atoms with E-state index in [9.17, 15) is 8.42 Å². The summed E-state index contributed by atoms with van der Waals surface area (Å²) in [6.45, 7) is 6.56. The Morgan fingerprint density at radius 3 is 2.68 bits per heavy atom. The molecule has 1 saturated heterocycles. The topological polar surface area (TPSA) is 59.3 Å². The van der Waals surface area contributed by atoms with Crippen LogP contribution in [0.5, 0.6) is 0 Å². The van der Waals surface area contributed by atoms with Crippen LogP contribution in [0.3, 0.4) is 0 Å². The van der Waals surface area contributed by atoms with E-state index in [-0.39, 0.29) is 11.3 Å². The number of nitrogens with one attached hydrogen (secondary N) is 1. The van der Waals surface area contributed by atoms with Gasteiger partial charge < -0.3 is 9.73 Å². The molecular weight excluding hydrogens is 262 g/mol. The maximum atomic E-state index is 12.3. The fraction of sp³-hybridized carbons (Fsp3) is 0.714. The lowest BCUT2D eigenvalue weighted by Gasteiger charge is -2.30. The van der Waals surface area contributed by atoms with E-state index < -0.39 is 9.84 Å². The minimum absolute atomic E-state index is 0.146. The van der Waals surface area contributed by atoms with Crippen molar-refractivity contribution in [3.8, 4) is 0 Å². The van der Waals surface area contributed by atoms with Crippen LogP contribution in [0, 0.1) is 13.8 Å². The quantitative estimate of drug-likeness (QED) is 0.923. The van der Waals surface area contributed by atoms with Crippen LogP contribution >= 0.6 is 0 Å². The minimum atomic E-state index is -3.00. The zero-order valence-electron chi connectivity index (χ0n) is 11.9. The molecule has 0 aromatic carbocycles. The van der Waals surface area contributed by atoms with Gasteiger partial charge in [-0.3, -0.25) is 0 Å². The third-order valence-corrected chi connectivity index (χ3v) is 6.13. The SMILES string of the molecule is CCNC(c1cc(C)oc1C)C1CCCCS1(=O)=O. The Morgan fingerprint density at radius 1 is 1.42 bits per heavy atom. The van der Waals surface area contributed by atoms with Crippen molar-refractivity contribution in [1.29, 1.82) is 0 Å². The Morgan fingerprint density at radius 2 is 2.16 bits per heavy atom. The molecule has 2 heterocycles. The highest BCUT2D eigenvalue weighted by atomic mass is 32.2. The first-order valence-corrected chi connectivity index (χ1v) is 8.69. The van der Waals surface area contributed by atoms with E-state index in [1.54, 1.807) is 0 Å². The van der Waals surface area contributed by atoms with Crippen LogP contribution in [-0.2, 0) is 9.84 Å². The highest BCUT2D eigenvalue weighted by molar-refractivity contribution is 7.92. The van der Waals surface area contributed by atoms with E-state index in [2.05, 4.69) is 5.32 Å². The standard InChI is InChI=1S/C14H23NO3S/c1-4-15-14(12-9-10(2)18-11(12)3)13-7-5-6-8-19(13,16)17/h9,13-15H,4-8H2,1-3H3. The van der Waals surface area contributed by atoms with Crippen molar-refractivity contribution in [3.05, 3.63) is 23.2 Å². The van der Waals surface area contributed by atoms with E-state index in [4.69, 9.17) is 4.42 Å². The summed E-state index contributed by atoms with van der Waals surface area (Å²) in [5, 5.41) is 3.02. The molecule has 2 unspecified atom stereocenters. The molecular formula is C14H23NO3S. The largest absolute Gasteiger partial charge is 0.466 e. The first-order valence-electron chi connectivity index (χ1n) is 6.97. The molecule has 0 amide bonds. The predicted octanol–water partition coefficient (Wildman–Crippen LogP) is 2.51. The van der Waals surface area contributed by atoms with E-state index in [0.717, 1.165) is 42.9 Å². The van der Waals surface area contributed by atoms with Gasteiger partial charge in [-0.2, -0.15) is 0 Å². The van der Waals surface area contributed by atoms with Gasteiger partial charge in [-0.15, -0.1) is 0 Å². The molecule has 1 aliphatic heterocycles. The molecule has 1 aliphatic rings. The molecule has 108 valence electrons. The number of hydrogen-bond donors (Lipinski definition) is 1. The van der Waals surface area contributed by atoms with Crippen molar-refractivity contribution in [2.75, 3.05) is 12.3 Å². The molecule has 4 nitrogen and oxygen atoms in total. The molecule has 0 radical (unpaired) electrons. The summed E-state index contributed by atoms with van der Waals surface area (Å²) in [7, 11) is -3.00. The van der Waals surface area contributed by atoms with Crippen LogP contribution in [0.2, 0.25) is 0 Å². The Hall–Kier alpha value is -0.810. The second-order valence-electron chi connectivity index (χ2n) is 5.31. The van der Waals surface area contributed by atoms with Crippen LogP contribution in [0.4, 0.5) is 0 Å². The van der Waals surface area contributed by atoms with Gasteiger partial charge in [0.2, 0.25) is 0 Å². The van der Waals surface area contributed by atoms with Crippen LogP contribution in [0.1, 0.15) is 49.3 Å². The third-order valence-electron chi connectivity index (χ3n) is 3.84. The molecule has 0 saturated carbocycles. The summed E-state index contributed by atoms with van der Waals surface area (Å²) < 4.78 is 30.2. The lowest BCUT2D eigenvalue weighted by Crippen LogP contribution is -2.40. The summed E-state index contributed by atoms with van der Waals surface area (Å²) in [5.41, 5.74) is 0.995. The summed E-state index contributed by atoms with van der Waals surface area (Å²) in [5.74, 6) is 1.97. The maximum Gasteiger partial charge on any atom is 0.155 e. The van der Waals surface area contributed by atoms with Gasteiger partial charge in [-0.1, -0.05) is 13.3 Å². The van der Waals surface area contributed by atoms with Crippen molar-refractivity contribution in [3.63, 3.8) is 0 Å². The maximum absolute atomic E-state index is 12.3. The minimum Gasteiger partial charge on any atom is -0.466 e.